The van der Waals surface area contributed by atoms with Crippen LogP contribution in [0.1, 0.15) is 36.5 Å². The second-order valence-electron chi connectivity index (χ2n) is 7.57. The fourth-order valence-corrected chi connectivity index (χ4v) is 3.57. The predicted octanol–water partition coefficient (Wildman–Crippen LogP) is 4.09. The molecular weight excluding hydrogens is 498 g/mol. The van der Waals surface area contributed by atoms with Crippen LogP contribution in [0.15, 0.2) is 29.3 Å². The minimum atomic E-state index is -4.36. The molecule has 1 saturated carbocycles. The number of hydrogen-bond donors (Lipinski definition) is 1. The lowest BCUT2D eigenvalue weighted by Gasteiger charge is -2.36. The second kappa shape index (κ2) is 10.3. The highest BCUT2D eigenvalue weighted by Crippen LogP contribution is 2.48. The summed E-state index contributed by atoms with van der Waals surface area (Å²) in [5.74, 6) is 0.768. The highest BCUT2D eigenvalue weighted by molar-refractivity contribution is 14.0. The van der Waals surface area contributed by atoms with Gasteiger partial charge < -0.3 is 19.7 Å². The molecule has 1 aromatic carbocycles. The van der Waals surface area contributed by atoms with E-state index < -0.39 is 17.8 Å². The van der Waals surface area contributed by atoms with Gasteiger partial charge in [-0.1, -0.05) is 12.1 Å². The summed E-state index contributed by atoms with van der Waals surface area (Å²) in [4.78, 5) is 6.43. The van der Waals surface area contributed by atoms with Crippen molar-refractivity contribution in [2.24, 2.45) is 10.4 Å². The van der Waals surface area contributed by atoms with Crippen molar-refractivity contribution in [2.75, 3.05) is 47.0 Å². The van der Waals surface area contributed by atoms with Crippen molar-refractivity contribution < 1.29 is 22.6 Å². The van der Waals surface area contributed by atoms with Gasteiger partial charge in [0, 0.05) is 33.9 Å². The Balaban J connectivity index is 0.00000300. The molecule has 164 valence electrons. The molecule has 0 bridgehead atoms. The first-order valence-corrected chi connectivity index (χ1v) is 9.60. The Kier molecular flexibility index (Phi) is 8.59. The van der Waals surface area contributed by atoms with E-state index in [1.165, 1.54) is 25.0 Å². The number of ether oxygens (including phenoxy) is 2. The van der Waals surface area contributed by atoms with Gasteiger partial charge in [0.05, 0.1) is 18.7 Å². The summed E-state index contributed by atoms with van der Waals surface area (Å²) in [5.41, 5.74) is 0.161. The van der Waals surface area contributed by atoms with E-state index in [0.717, 1.165) is 31.6 Å². The molecular formula is C20H29F3IN3O2. The predicted molar refractivity (Wildman–Crippen MR) is 117 cm³/mol. The molecule has 29 heavy (non-hydrogen) atoms. The number of aliphatic imine (C=N–C) groups is 1. The number of benzene rings is 1. The monoisotopic (exact) mass is 527 g/mol. The standard InChI is InChI=1S/C20H28F3N3O2.HI/c1-24-18(25-14-19(6-7-19)8-10-27-2)26-9-11-28-17(13-26)15-4-3-5-16(12-15)20(21,22)23;/h3-5,12,17H,6-11,13-14H2,1-2H3,(H,24,25);1H. The van der Waals surface area contributed by atoms with Gasteiger partial charge in [0.1, 0.15) is 6.10 Å². The van der Waals surface area contributed by atoms with Gasteiger partial charge in [0.25, 0.3) is 0 Å². The molecule has 1 heterocycles. The topological polar surface area (TPSA) is 46.1 Å². The summed E-state index contributed by atoms with van der Waals surface area (Å²) in [6.07, 6.45) is -1.41. The Morgan fingerprint density at radius 3 is 2.76 bits per heavy atom. The van der Waals surface area contributed by atoms with Crippen molar-refractivity contribution in [3.63, 3.8) is 0 Å². The first-order chi connectivity index (χ1) is 13.4. The average molecular weight is 527 g/mol. The van der Waals surface area contributed by atoms with Crippen LogP contribution in [0, 0.1) is 5.41 Å². The van der Waals surface area contributed by atoms with Crippen LogP contribution in [0.3, 0.4) is 0 Å². The van der Waals surface area contributed by atoms with Crippen LogP contribution in [0.4, 0.5) is 13.2 Å². The molecule has 0 amide bonds. The lowest BCUT2D eigenvalue weighted by Crippen LogP contribution is -2.49. The normalized spacial score (nSPS) is 21.5. The molecule has 1 atom stereocenters. The first-order valence-electron chi connectivity index (χ1n) is 9.60. The number of morpholine rings is 1. The maximum absolute atomic E-state index is 13.0. The number of guanidine groups is 1. The molecule has 3 rings (SSSR count). The van der Waals surface area contributed by atoms with E-state index >= 15 is 0 Å². The number of nitrogens with zero attached hydrogens (tertiary/aromatic N) is 2. The van der Waals surface area contributed by atoms with Crippen molar-refractivity contribution >= 4 is 29.9 Å². The molecule has 9 heteroatoms. The van der Waals surface area contributed by atoms with E-state index in [2.05, 4.69) is 15.2 Å². The molecule has 2 fully saturated rings. The van der Waals surface area contributed by atoms with E-state index in [9.17, 15) is 13.2 Å². The Hall–Kier alpha value is -1.07. The maximum atomic E-state index is 13.0. The van der Waals surface area contributed by atoms with Gasteiger partial charge in [-0.3, -0.25) is 4.99 Å². The molecule has 0 radical (unpaired) electrons. The summed E-state index contributed by atoms with van der Waals surface area (Å²) in [5, 5.41) is 3.44. The van der Waals surface area contributed by atoms with Crippen molar-refractivity contribution in [1.29, 1.82) is 0 Å². The molecule has 0 spiro atoms. The summed E-state index contributed by atoms with van der Waals surface area (Å²) in [6, 6.07) is 5.37. The van der Waals surface area contributed by atoms with Crippen LogP contribution in [0.5, 0.6) is 0 Å². The van der Waals surface area contributed by atoms with E-state index in [1.54, 1.807) is 20.2 Å². The Labute approximate surface area is 187 Å². The fourth-order valence-electron chi connectivity index (χ4n) is 3.57. The molecule has 1 aromatic rings. The van der Waals surface area contributed by atoms with Gasteiger partial charge in [-0.05, 0) is 42.4 Å². The Morgan fingerprint density at radius 1 is 1.38 bits per heavy atom. The smallest absolute Gasteiger partial charge is 0.385 e. The quantitative estimate of drug-likeness (QED) is 0.344. The van der Waals surface area contributed by atoms with Gasteiger partial charge in [-0.15, -0.1) is 24.0 Å². The molecule has 1 N–H and O–H groups in total. The number of methoxy groups -OCH3 is 1. The third kappa shape index (κ3) is 6.45. The minimum absolute atomic E-state index is 0. The average Bonchev–Trinajstić information content (AvgIpc) is 3.47. The zero-order chi connectivity index (χ0) is 20.2. The highest BCUT2D eigenvalue weighted by Gasteiger charge is 2.42. The molecule has 1 aliphatic heterocycles. The first kappa shape index (κ1) is 24.2. The molecule has 0 aromatic heterocycles. The third-order valence-corrected chi connectivity index (χ3v) is 5.58. The number of halogens is 4. The van der Waals surface area contributed by atoms with Crippen molar-refractivity contribution in [3.8, 4) is 0 Å². The second-order valence-corrected chi connectivity index (χ2v) is 7.57. The van der Waals surface area contributed by atoms with Crippen molar-refractivity contribution in [2.45, 2.75) is 31.5 Å². The molecule has 1 saturated heterocycles. The van der Waals surface area contributed by atoms with Crippen LogP contribution in [-0.4, -0.2) is 57.9 Å². The summed E-state index contributed by atoms with van der Waals surface area (Å²) in [6.45, 7) is 3.13. The van der Waals surface area contributed by atoms with Crippen molar-refractivity contribution in [1.82, 2.24) is 10.2 Å². The van der Waals surface area contributed by atoms with Crippen molar-refractivity contribution in [3.05, 3.63) is 35.4 Å². The molecule has 1 aliphatic carbocycles. The molecule has 1 unspecified atom stereocenters. The lowest BCUT2D eigenvalue weighted by atomic mass is 10.0. The number of hydrogen-bond acceptors (Lipinski definition) is 3. The van der Waals surface area contributed by atoms with Crippen LogP contribution >= 0.6 is 24.0 Å². The van der Waals surface area contributed by atoms with E-state index in [-0.39, 0.29) is 29.4 Å². The molecule has 2 aliphatic rings. The summed E-state index contributed by atoms with van der Waals surface area (Å²) in [7, 11) is 3.44. The number of nitrogens with one attached hydrogen (secondary N) is 1. The number of rotatable bonds is 6. The van der Waals surface area contributed by atoms with Gasteiger partial charge in [-0.25, -0.2) is 0 Å². The van der Waals surface area contributed by atoms with Gasteiger partial charge in [-0.2, -0.15) is 13.2 Å². The number of alkyl halides is 3. The van der Waals surface area contributed by atoms with E-state index in [1.807, 2.05) is 0 Å². The van der Waals surface area contributed by atoms with Crippen LogP contribution in [0.2, 0.25) is 0 Å². The zero-order valence-corrected chi connectivity index (χ0v) is 19.1. The third-order valence-electron chi connectivity index (χ3n) is 5.58. The fraction of sp³-hybridized carbons (Fsp3) is 0.650. The van der Waals surface area contributed by atoms with Crippen LogP contribution < -0.4 is 5.32 Å². The Bertz CT molecular complexity index is 696. The Morgan fingerprint density at radius 2 is 2.14 bits per heavy atom. The summed E-state index contributed by atoms with van der Waals surface area (Å²) >= 11 is 0. The minimum Gasteiger partial charge on any atom is -0.385 e. The summed E-state index contributed by atoms with van der Waals surface area (Å²) < 4.78 is 50.0. The van der Waals surface area contributed by atoms with E-state index in [0.29, 0.717) is 25.3 Å². The largest absolute Gasteiger partial charge is 0.416 e. The van der Waals surface area contributed by atoms with Crippen LogP contribution in [0.25, 0.3) is 0 Å². The molecule has 5 nitrogen and oxygen atoms in total. The SMILES string of the molecule is CN=C(NCC1(CCOC)CC1)N1CCOC(c2cccc(C(F)(F)F)c2)C1.I. The maximum Gasteiger partial charge on any atom is 0.416 e. The van der Waals surface area contributed by atoms with Gasteiger partial charge in [0.15, 0.2) is 5.96 Å². The highest BCUT2D eigenvalue weighted by atomic mass is 127. The van der Waals surface area contributed by atoms with Gasteiger partial charge >= 0.3 is 6.18 Å². The zero-order valence-electron chi connectivity index (χ0n) is 16.8. The van der Waals surface area contributed by atoms with E-state index in [4.69, 9.17) is 9.47 Å². The lowest BCUT2D eigenvalue weighted by molar-refractivity contribution is -0.137. The van der Waals surface area contributed by atoms with Crippen LogP contribution in [-0.2, 0) is 15.7 Å². The van der Waals surface area contributed by atoms with Gasteiger partial charge in [0.2, 0.25) is 0 Å².